The van der Waals surface area contributed by atoms with Gasteiger partial charge in [-0.3, -0.25) is 5.10 Å². The van der Waals surface area contributed by atoms with Crippen molar-refractivity contribution in [3.05, 3.63) is 47.8 Å². The van der Waals surface area contributed by atoms with E-state index in [0.29, 0.717) is 0 Å². The van der Waals surface area contributed by atoms with Gasteiger partial charge in [-0.05, 0) is 24.8 Å². The van der Waals surface area contributed by atoms with Crippen LogP contribution in [0.25, 0.3) is 0 Å². The molecule has 0 aliphatic carbocycles. The quantitative estimate of drug-likeness (QED) is 0.823. The Bertz CT molecular complexity index is 359. The molecule has 78 valence electrons. The number of hydrogen-bond acceptors (Lipinski definition) is 2. The maximum atomic E-state index is 3.94. The zero-order chi connectivity index (χ0) is 9.64. The lowest BCUT2D eigenvalue weighted by atomic mass is 10.1. The van der Waals surface area contributed by atoms with Gasteiger partial charge >= 0.3 is 0 Å². The molecule has 0 saturated heterocycles. The molecule has 1 aromatic carbocycles. The molecule has 1 N–H and O–H groups in total. The van der Waals surface area contributed by atoms with E-state index in [2.05, 4.69) is 39.7 Å². The lowest BCUT2D eigenvalue weighted by molar-refractivity contribution is 0.686. The number of aromatic nitrogens is 3. The van der Waals surface area contributed by atoms with Crippen LogP contribution in [0.3, 0.4) is 0 Å². The van der Waals surface area contributed by atoms with Crippen molar-refractivity contribution in [3.8, 4) is 0 Å². The van der Waals surface area contributed by atoms with Gasteiger partial charge in [0.25, 0.3) is 0 Å². The van der Waals surface area contributed by atoms with Crippen LogP contribution in [0.1, 0.15) is 17.7 Å². The average Bonchev–Trinajstić information content (AvgIpc) is 2.72. The van der Waals surface area contributed by atoms with Crippen molar-refractivity contribution in [1.29, 1.82) is 0 Å². The number of rotatable bonds is 4. The highest BCUT2D eigenvalue weighted by Crippen LogP contribution is 2.05. The van der Waals surface area contributed by atoms with Gasteiger partial charge in [-0.25, -0.2) is 0 Å². The van der Waals surface area contributed by atoms with Crippen LogP contribution in [-0.4, -0.2) is 15.4 Å². The smallest absolute Gasteiger partial charge is 0.0824 e. The predicted molar refractivity (Wildman–Crippen MR) is 55.5 cm³/mol. The van der Waals surface area contributed by atoms with Crippen LogP contribution in [0.4, 0.5) is 0 Å². The van der Waals surface area contributed by atoms with Gasteiger partial charge in [-0.15, -0.1) is 5.10 Å². The minimum Gasteiger partial charge on any atom is -0.265 e. The summed E-state index contributed by atoms with van der Waals surface area (Å²) in [5.74, 6) is 0. The summed E-state index contributed by atoms with van der Waals surface area (Å²) < 4.78 is 0. The summed E-state index contributed by atoms with van der Waals surface area (Å²) in [7, 11) is 0. The molecule has 2 aromatic rings. The Hall–Kier alpha value is -1.68. The number of aromatic amines is 1. The molecule has 0 fully saturated rings. The average molecular weight is 203 g/mol. The second-order valence-corrected chi connectivity index (χ2v) is 3.30. The molecule has 0 aliphatic rings. The van der Waals surface area contributed by atoms with E-state index in [1.54, 1.807) is 0 Å². The topological polar surface area (TPSA) is 70.1 Å². The lowest BCUT2D eigenvalue weighted by Gasteiger charge is -1.98. The molecule has 2 rings (SSSR count). The van der Waals surface area contributed by atoms with Crippen LogP contribution in [0.15, 0.2) is 36.5 Å². The highest BCUT2D eigenvalue weighted by molar-refractivity contribution is 5.14. The van der Waals surface area contributed by atoms with E-state index in [-0.39, 0.29) is 5.48 Å². The molecule has 0 atom stereocenters. The number of hydrogen-bond donors (Lipinski definition) is 1. The maximum Gasteiger partial charge on any atom is 0.0824 e. The van der Waals surface area contributed by atoms with Crippen LogP contribution in [0, 0.1) is 0 Å². The van der Waals surface area contributed by atoms with E-state index >= 15 is 0 Å². The molecule has 15 heavy (non-hydrogen) atoms. The van der Waals surface area contributed by atoms with E-state index in [1.165, 1.54) is 5.56 Å². The Labute approximate surface area is 88.6 Å². The first-order valence-corrected chi connectivity index (χ1v) is 4.84. The molecular formula is C11H13N3O. The fourth-order valence-electron chi connectivity index (χ4n) is 1.47. The Morgan fingerprint density at radius 1 is 1.07 bits per heavy atom. The Morgan fingerprint density at radius 2 is 1.87 bits per heavy atom. The summed E-state index contributed by atoms with van der Waals surface area (Å²) in [5, 5.41) is 10.3. The zero-order valence-electron chi connectivity index (χ0n) is 8.39. The maximum absolute atomic E-state index is 3.94. The van der Waals surface area contributed by atoms with Gasteiger partial charge in [0.2, 0.25) is 0 Å². The van der Waals surface area contributed by atoms with Gasteiger partial charge in [0.1, 0.15) is 0 Å². The van der Waals surface area contributed by atoms with Crippen LogP contribution >= 0.6 is 0 Å². The Balaban J connectivity index is 0.00000112. The molecule has 0 saturated carbocycles. The van der Waals surface area contributed by atoms with Gasteiger partial charge in [-0.2, -0.15) is 0 Å². The summed E-state index contributed by atoms with van der Waals surface area (Å²) in [6.07, 6.45) is 5.07. The van der Waals surface area contributed by atoms with Crippen molar-refractivity contribution in [1.82, 2.24) is 15.4 Å². The van der Waals surface area contributed by atoms with Gasteiger partial charge in [0.05, 0.1) is 5.69 Å². The van der Waals surface area contributed by atoms with Gasteiger partial charge < -0.3 is 0 Å². The molecule has 1 heterocycles. The molecule has 0 spiro atoms. The summed E-state index contributed by atoms with van der Waals surface area (Å²) in [6.45, 7) is 0. The predicted octanol–water partition coefficient (Wildman–Crippen LogP) is 1.86. The van der Waals surface area contributed by atoms with Crippen molar-refractivity contribution >= 4 is 0 Å². The fraction of sp³-hybridized carbons (Fsp3) is 0.273. The van der Waals surface area contributed by atoms with Crippen LogP contribution in [0.2, 0.25) is 0 Å². The number of aryl methyl sites for hydroxylation is 2. The van der Waals surface area contributed by atoms with Crippen molar-refractivity contribution in [2.24, 2.45) is 0 Å². The van der Waals surface area contributed by atoms with E-state index in [1.807, 2.05) is 12.3 Å². The molecule has 4 nitrogen and oxygen atoms in total. The molecule has 0 bridgehead atoms. The highest BCUT2D eigenvalue weighted by Gasteiger charge is 1.96. The molecule has 2 radical (unpaired) electrons. The highest BCUT2D eigenvalue weighted by atomic mass is 16.0. The van der Waals surface area contributed by atoms with Gasteiger partial charge in [0, 0.05) is 11.7 Å². The molecule has 0 amide bonds. The van der Waals surface area contributed by atoms with E-state index in [9.17, 15) is 0 Å². The third-order valence-corrected chi connectivity index (χ3v) is 2.21. The number of nitrogens with one attached hydrogen (secondary N) is 1. The lowest BCUT2D eigenvalue weighted by Crippen LogP contribution is -1.90. The summed E-state index contributed by atoms with van der Waals surface area (Å²) >= 11 is 0. The fourth-order valence-corrected chi connectivity index (χ4v) is 1.47. The summed E-state index contributed by atoms with van der Waals surface area (Å²) in [6, 6.07) is 10.5. The summed E-state index contributed by atoms with van der Waals surface area (Å²) in [5.41, 5.74) is 2.43. The molecular weight excluding hydrogens is 190 g/mol. The van der Waals surface area contributed by atoms with E-state index in [4.69, 9.17) is 0 Å². The molecule has 1 aromatic heterocycles. The minimum absolute atomic E-state index is 0. The van der Waals surface area contributed by atoms with Crippen LogP contribution in [-0.2, 0) is 18.3 Å². The number of H-pyrrole nitrogens is 1. The molecule has 0 aliphatic heterocycles. The van der Waals surface area contributed by atoms with Crippen molar-refractivity contribution in [3.63, 3.8) is 0 Å². The standard InChI is InChI=1S/C11H13N3.O/c1-2-5-10(6-3-1)7-4-8-11-9-12-14-13-11;/h1-3,5-6,9H,4,7-8H2,(H,12,13,14);. The first-order valence-electron chi connectivity index (χ1n) is 4.84. The monoisotopic (exact) mass is 203 g/mol. The Morgan fingerprint density at radius 3 is 2.53 bits per heavy atom. The van der Waals surface area contributed by atoms with Crippen LogP contribution in [0.5, 0.6) is 0 Å². The second kappa shape index (κ2) is 5.93. The summed E-state index contributed by atoms with van der Waals surface area (Å²) in [4.78, 5) is 0. The third kappa shape index (κ3) is 3.52. The SMILES string of the molecule is [O].c1ccc(CCCc2c[nH]nn2)cc1. The Kier molecular flexibility index (Phi) is 4.50. The van der Waals surface area contributed by atoms with Crippen molar-refractivity contribution < 1.29 is 5.48 Å². The van der Waals surface area contributed by atoms with E-state index in [0.717, 1.165) is 25.0 Å². The first kappa shape index (κ1) is 11.4. The second-order valence-electron chi connectivity index (χ2n) is 3.30. The van der Waals surface area contributed by atoms with Crippen molar-refractivity contribution in [2.45, 2.75) is 19.3 Å². The normalized spacial score (nSPS) is 9.60. The first-order chi connectivity index (χ1) is 6.95. The van der Waals surface area contributed by atoms with Crippen molar-refractivity contribution in [2.75, 3.05) is 0 Å². The largest absolute Gasteiger partial charge is 0.265 e. The van der Waals surface area contributed by atoms with Crippen LogP contribution < -0.4 is 0 Å². The number of nitrogens with zero attached hydrogens (tertiary/aromatic N) is 2. The number of benzene rings is 1. The zero-order valence-corrected chi connectivity index (χ0v) is 8.39. The van der Waals surface area contributed by atoms with Gasteiger partial charge in [-0.1, -0.05) is 35.5 Å². The van der Waals surface area contributed by atoms with E-state index < -0.39 is 0 Å². The molecule has 4 heteroatoms. The minimum atomic E-state index is 0. The molecule has 0 unspecified atom stereocenters. The third-order valence-electron chi connectivity index (χ3n) is 2.21. The van der Waals surface area contributed by atoms with Gasteiger partial charge in [0.15, 0.2) is 0 Å².